The quantitative estimate of drug-likeness (QED) is 0.377. The van der Waals surface area contributed by atoms with Gasteiger partial charge in [0.15, 0.2) is 5.96 Å². The number of benzene rings is 1. The first kappa shape index (κ1) is 21.4. The number of guanidine groups is 1. The second-order valence-corrected chi connectivity index (χ2v) is 8.74. The van der Waals surface area contributed by atoms with Gasteiger partial charge in [0.2, 0.25) is 10.0 Å². The molecule has 1 aliphatic carbocycles. The molecule has 1 heterocycles. The zero-order valence-corrected chi connectivity index (χ0v) is 18.4. The summed E-state index contributed by atoms with van der Waals surface area (Å²) in [5.41, 5.74) is 1.04. The molecule has 3 rings (SSSR count). The summed E-state index contributed by atoms with van der Waals surface area (Å²) < 4.78 is 26.6. The molecule has 1 aliphatic heterocycles. The second-order valence-electron chi connectivity index (χ2n) is 6.81. The molecule has 146 valence electrons. The molecular weight excluding hydrogens is 463 g/mol. The molecule has 0 spiro atoms. The minimum absolute atomic E-state index is 0. The fourth-order valence-corrected chi connectivity index (χ4v) is 5.02. The number of nitrogens with zero attached hydrogens (tertiary/aromatic N) is 2. The van der Waals surface area contributed by atoms with Crippen LogP contribution >= 0.6 is 24.0 Å². The largest absolute Gasteiger partial charge is 0.354 e. The predicted molar refractivity (Wildman–Crippen MR) is 115 cm³/mol. The van der Waals surface area contributed by atoms with Crippen molar-refractivity contribution in [3.63, 3.8) is 0 Å². The van der Waals surface area contributed by atoms with E-state index < -0.39 is 10.0 Å². The Labute approximate surface area is 173 Å². The van der Waals surface area contributed by atoms with Crippen LogP contribution in [0.4, 0.5) is 0 Å². The minimum Gasteiger partial charge on any atom is -0.354 e. The van der Waals surface area contributed by atoms with Gasteiger partial charge in [-0.2, -0.15) is 4.31 Å². The summed E-state index contributed by atoms with van der Waals surface area (Å²) in [6.07, 6.45) is 6.86. The molecule has 2 aliphatic rings. The van der Waals surface area contributed by atoms with Crippen molar-refractivity contribution in [1.29, 1.82) is 0 Å². The van der Waals surface area contributed by atoms with Crippen LogP contribution < -0.4 is 10.6 Å². The first-order valence-electron chi connectivity index (χ1n) is 9.16. The van der Waals surface area contributed by atoms with Crippen molar-refractivity contribution in [1.82, 2.24) is 14.9 Å². The first-order valence-corrected chi connectivity index (χ1v) is 10.6. The molecule has 2 N–H and O–H groups in total. The molecule has 6 nitrogen and oxygen atoms in total. The Kier molecular flexibility index (Phi) is 8.15. The molecule has 1 aromatic carbocycles. The van der Waals surface area contributed by atoms with E-state index in [-0.39, 0.29) is 24.0 Å². The molecular formula is C18H29IN4O2S. The highest BCUT2D eigenvalue weighted by atomic mass is 127. The summed E-state index contributed by atoms with van der Waals surface area (Å²) in [5, 5.41) is 6.75. The number of nitrogens with one attached hydrogen (secondary N) is 2. The molecule has 0 atom stereocenters. The Balaban J connectivity index is 0.00000243. The third kappa shape index (κ3) is 5.32. The smallest absolute Gasteiger partial charge is 0.243 e. The number of halogens is 1. The summed E-state index contributed by atoms with van der Waals surface area (Å²) in [5.74, 6) is 0.806. The Morgan fingerprint density at radius 3 is 2.31 bits per heavy atom. The highest BCUT2D eigenvalue weighted by molar-refractivity contribution is 14.0. The molecule has 1 saturated heterocycles. The van der Waals surface area contributed by atoms with Gasteiger partial charge in [-0.05, 0) is 43.4 Å². The Morgan fingerprint density at radius 1 is 1.12 bits per heavy atom. The van der Waals surface area contributed by atoms with Gasteiger partial charge in [-0.15, -0.1) is 24.0 Å². The topological polar surface area (TPSA) is 73.8 Å². The second kappa shape index (κ2) is 9.89. The first-order chi connectivity index (χ1) is 12.1. The highest BCUT2D eigenvalue weighted by Crippen LogP contribution is 2.21. The number of hydrogen-bond donors (Lipinski definition) is 2. The van der Waals surface area contributed by atoms with Crippen molar-refractivity contribution >= 4 is 40.0 Å². The maximum atomic E-state index is 12.5. The third-order valence-corrected chi connectivity index (χ3v) is 6.92. The lowest BCUT2D eigenvalue weighted by Crippen LogP contribution is -2.41. The number of aliphatic imine (C=N–C) groups is 1. The SMILES string of the molecule is CN=C(NCc1ccc(S(=O)(=O)N2CCCC2)cc1)NC1CCCC1.I. The van der Waals surface area contributed by atoms with Crippen LogP contribution in [0.15, 0.2) is 34.2 Å². The monoisotopic (exact) mass is 492 g/mol. The van der Waals surface area contributed by atoms with E-state index in [1.165, 1.54) is 25.7 Å². The summed E-state index contributed by atoms with van der Waals surface area (Å²) >= 11 is 0. The van der Waals surface area contributed by atoms with Crippen LogP contribution in [0, 0.1) is 0 Å². The minimum atomic E-state index is -3.33. The van der Waals surface area contributed by atoms with E-state index in [0.29, 0.717) is 30.6 Å². The van der Waals surface area contributed by atoms with Gasteiger partial charge in [-0.1, -0.05) is 25.0 Å². The van der Waals surface area contributed by atoms with E-state index in [1.54, 1.807) is 23.5 Å². The summed E-state index contributed by atoms with van der Waals surface area (Å²) in [6.45, 7) is 1.89. The van der Waals surface area contributed by atoms with Crippen molar-refractivity contribution in [2.24, 2.45) is 4.99 Å². The molecule has 26 heavy (non-hydrogen) atoms. The van der Waals surface area contributed by atoms with Crippen molar-refractivity contribution < 1.29 is 8.42 Å². The average molecular weight is 492 g/mol. The van der Waals surface area contributed by atoms with E-state index in [1.807, 2.05) is 12.1 Å². The molecule has 0 amide bonds. The highest BCUT2D eigenvalue weighted by Gasteiger charge is 2.26. The van der Waals surface area contributed by atoms with Gasteiger partial charge in [0.1, 0.15) is 0 Å². The van der Waals surface area contributed by atoms with Gasteiger partial charge >= 0.3 is 0 Å². The van der Waals surface area contributed by atoms with Crippen LogP contribution in [0.2, 0.25) is 0 Å². The fourth-order valence-electron chi connectivity index (χ4n) is 3.50. The average Bonchev–Trinajstić information content (AvgIpc) is 3.32. The Hall–Kier alpha value is -0.870. The number of rotatable bonds is 5. The summed E-state index contributed by atoms with van der Waals surface area (Å²) in [6, 6.07) is 7.67. The lowest BCUT2D eigenvalue weighted by atomic mass is 10.2. The third-order valence-electron chi connectivity index (χ3n) is 5.01. The van der Waals surface area contributed by atoms with Gasteiger partial charge in [0.25, 0.3) is 0 Å². The van der Waals surface area contributed by atoms with Gasteiger partial charge in [-0.25, -0.2) is 8.42 Å². The van der Waals surface area contributed by atoms with Crippen LogP contribution in [0.25, 0.3) is 0 Å². The van der Waals surface area contributed by atoms with Crippen LogP contribution in [0.5, 0.6) is 0 Å². The molecule has 0 aromatic heterocycles. The van der Waals surface area contributed by atoms with E-state index >= 15 is 0 Å². The molecule has 0 bridgehead atoms. The molecule has 1 saturated carbocycles. The standard InChI is InChI=1S/C18H28N4O2S.HI/c1-19-18(21-16-6-2-3-7-16)20-14-15-8-10-17(11-9-15)25(23,24)22-12-4-5-13-22;/h8-11,16H,2-7,12-14H2,1H3,(H2,19,20,21);1H. The van der Waals surface area contributed by atoms with E-state index in [2.05, 4.69) is 15.6 Å². The van der Waals surface area contributed by atoms with Crippen LogP contribution in [0.3, 0.4) is 0 Å². The molecule has 8 heteroatoms. The van der Waals surface area contributed by atoms with Crippen molar-refractivity contribution in [2.45, 2.75) is 56.0 Å². The summed E-state index contributed by atoms with van der Waals surface area (Å²) in [4.78, 5) is 4.65. The van der Waals surface area contributed by atoms with Gasteiger partial charge < -0.3 is 10.6 Å². The maximum absolute atomic E-state index is 12.5. The number of sulfonamides is 1. The molecule has 1 aromatic rings. The van der Waals surface area contributed by atoms with Crippen molar-refractivity contribution in [2.75, 3.05) is 20.1 Å². The van der Waals surface area contributed by atoms with Crippen LogP contribution in [-0.2, 0) is 16.6 Å². The normalized spacial score (nSPS) is 19.3. The lowest BCUT2D eigenvalue weighted by molar-refractivity contribution is 0.477. The van der Waals surface area contributed by atoms with Gasteiger partial charge in [0.05, 0.1) is 4.90 Å². The number of hydrogen-bond acceptors (Lipinski definition) is 3. The van der Waals surface area contributed by atoms with Crippen LogP contribution in [0.1, 0.15) is 44.1 Å². The lowest BCUT2D eigenvalue weighted by Gasteiger charge is -2.17. The molecule has 0 radical (unpaired) electrons. The van der Waals surface area contributed by atoms with Gasteiger partial charge in [0, 0.05) is 32.7 Å². The Morgan fingerprint density at radius 2 is 1.73 bits per heavy atom. The molecule has 2 fully saturated rings. The molecule has 0 unspecified atom stereocenters. The maximum Gasteiger partial charge on any atom is 0.243 e. The fraction of sp³-hybridized carbons (Fsp3) is 0.611. The van der Waals surface area contributed by atoms with Crippen molar-refractivity contribution in [3.05, 3.63) is 29.8 Å². The van der Waals surface area contributed by atoms with Gasteiger partial charge in [-0.3, -0.25) is 4.99 Å². The van der Waals surface area contributed by atoms with E-state index in [9.17, 15) is 8.42 Å². The zero-order chi connectivity index (χ0) is 17.7. The summed E-state index contributed by atoms with van der Waals surface area (Å²) in [7, 11) is -1.56. The predicted octanol–water partition coefficient (Wildman–Crippen LogP) is 2.70. The van der Waals surface area contributed by atoms with E-state index in [0.717, 1.165) is 24.4 Å². The Bertz CT molecular complexity index is 694. The van der Waals surface area contributed by atoms with Crippen molar-refractivity contribution in [3.8, 4) is 0 Å². The van der Waals surface area contributed by atoms with E-state index in [4.69, 9.17) is 0 Å². The zero-order valence-electron chi connectivity index (χ0n) is 15.3. The van der Waals surface area contributed by atoms with Crippen LogP contribution in [-0.4, -0.2) is 44.9 Å².